The second-order valence-electron chi connectivity index (χ2n) is 7.97. The fourth-order valence-electron chi connectivity index (χ4n) is 3.84. The highest BCUT2D eigenvalue weighted by atomic mass is 35.5. The summed E-state index contributed by atoms with van der Waals surface area (Å²) in [6, 6.07) is 8.95. The Bertz CT molecular complexity index is 1040. The second kappa shape index (κ2) is 6.90. The van der Waals surface area contributed by atoms with Gasteiger partial charge in [-0.15, -0.1) is 10.2 Å². The van der Waals surface area contributed by atoms with Crippen LogP contribution in [0.25, 0.3) is 5.65 Å². The Hall–Kier alpha value is -2.28. The molecule has 2 heterocycles. The van der Waals surface area contributed by atoms with E-state index in [4.69, 9.17) is 16.3 Å². The Balaban J connectivity index is 1.36. The number of hydrogen-bond acceptors (Lipinski definition) is 3. The molecule has 0 saturated heterocycles. The molecule has 0 N–H and O–H groups in total. The molecule has 0 radical (unpaired) electrons. The van der Waals surface area contributed by atoms with E-state index in [2.05, 4.69) is 10.2 Å². The predicted octanol–water partition coefficient (Wildman–Crippen LogP) is 5.54. The van der Waals surface area contributed by atoms with E-state index in [0.29, 0.717) is 29.1 Å². The van der Waals surface area contributed by atoms with Crippen LogP contribution in [0, 0.1) is 11.8 Å². The molecule has 0 amide bonds. The van der Waals surface area contributed by atoms with Crippen molar-refractivity contribution in [1.82, 2.24) is 14.6 Å². The molecule has 3 aromatic rings. The van der Waals surface area contributed by atoms with Crippen LogP contribution in [0.2, 0.25) is 5.02 Å². The first-order valence-electron chi connectivity index (χ1n) is 9.72. The minimum Gasteiger partial charge on any atom is -0.492 e. The fraction of sp³-hybridized carbons (Fsp3) is 0.429. The number of fused-ring (bicyclic) bond motifs is 1. The summed E-state index contributed by atoms with van der Waals surface area (Å²) < 4.78 is 48.5. The molecule has 5 rings (SSSR count). The maximum atomic E-state index is 13.8. The van der Waals surface area contributed by atoms with Crippen LogP contribution in [0.3, 0.4) is 0 Å². The van der Waals surface area contributed by atoms with Gasteiger partial charge in [0.2, 0.25) is 0 Å². The third-order valence-corrected chi connectivity index (χ3v) is 5.99. The molecule has 0 aliphatic heterocycles. The number of hydrogen-bond donors (Lipinski definition) is 0. The molecule has 0 unspecified atom stereocenters. The van der Waals surface area contributed by atoms with E-state index in [1.54, 1.807) is 6.20 Å². The van der Waals surface area contributed by atoms with Crippen molar-refractivity contribution in [2.75, 3.05) is 6.61 Å². The standard InChI is InChI=1S/C21H19ClF3N3O/c22-15-5-3-13(4-6-15)16-10-14(16)11-29-17-7-8-28-18(9-12-1-2-12)26-27-20(28)19(17)21(23,24)25/h3-8,12,14,16H,1-2,9-11H2/t14-,16-/m0/s1. The van der Waals surface area contributed by atoms with Crippen LogP contribution in [-0.2, 0) is 12.6 Å². The lowest BCUT2D eigenvalue weighted by molar-refractivity contribution is -0.138. The molecule has 4 nitrogen and oxygen atoms in total. The van der Waals surface area contributed by atoms with Crippen molar-refractivity contribution in [3.05, 3.63) is 58.5 Å². The zero-order valence-electron chi connectivity index (χ0n) is 15.5. The van der Waals surface area contributed by atoms with E-state index in [9.17, 15) is 13.2 Å². The molecule has 2 fully saturated rings. The van der Waals surface area contributed by atoms with Gasteiger partial charge in [0.1, 0.15) is 17.1 Å². The number of halogens is 4. The summed E-state index contributed by atoms with van der Waals surface area (Å²) in [6.07, 6.45) is 0.754. The SMILES string of the molecule is FC(F)(F)c1c(OC[C@@H]2C[C@H]2c2ccc(Cl)cc2)ccn2c(CC3CC3)nnc12. The topological polar surface area (TPSA) is 39.4 Å². The van der Waals surface area contributed by atoms with Crippen molar-refractivity contribution >= 4 is 17.2 Å². The largest absolute Gasteiger partial charge is 0.492 e. The Morgan fingerprint density at radius 1 is 1.10 bits per heavy atom. The number of benzene rings is 1. The van der Waals surface area contributed by atoms with E-state index in [1.165, 1.54) is 10.5 Å². The maximum Gasteiger partial charge on any atom is 0.423 e. The molecule has 2 saturated carbocycles. The Kier molecular flexibility index (Phi) is 4.46. The summed E-state index contributed by atoms with van der Waals surface area (Å²) in [5.74, 6) is 1.38. The molecular weight excluding hydrogens is 403 g/mol. The van der Waals surface area contributed by atoms with Crippen LogP contribution in [0.4, 0.5) is 13.2 Å². The molecule has 8 heteroatoms. The first kappa shape index (κ1) is 18.7. The van der Waals surface area contributed by atoms with Gasteiger partial charge in [-0.1, -0.05) is 23.7 Å². The van der Waals surface area contributed by atoms with Gasteiger partial charge < -0.3 is 4.74 Å². The minimum atomic E-state index is -4.57. The molecular formula is C21H19ClF3N3O. The van der Waals surface area contributed by atoms with Crippen molar-refractivity contribution in [3.8, 4) is 5.75 Å². The third-order valence-electron chi connectivity index (χ3n) is 5.74. The number of rotatable bonds is 6. The highest BCUT2D eigenvalue weighted by Crippen LogP contribution is 2.48. The lowest BCUT2D eigenvalue weighted by Crippen LogP contribution is -2.13. The van der Waals surface area contributed by atoms with Crippen LogP contribution in [0.15, 0.2) is 36.5 Å². The van der Waals surface area contributed by atoms with Gasteiger partial charge in [-0.25, -0.2) is 0 Å². The van der Waals surface area contributed by atoms with Crippen molar-refractivity contribution in [2.24, 2.45) is 11.8 Å². The summed E-state index contributed by atoms with van der Waals surface area (Å²) in [5.41, 5.74) is 0.102. The Morgan fingerprint density at radius 2 is 1.86 bits per heavy atom. The number of ether oxygens (including phenoxy) is 1. The Labute approximate surface area is 170 Å². The van der Waals surface area contributed by atoms with Crippen LogP contribution in [-0.4, -0.2) is 21.2 Å². The molecule has 29 heavy (non-hydrogen) atoms. The first-order valence-corrected chi connectivity index (χ1v) is 10.1. The smallest absolute Gasteiger partial charge is 0.423 e. The monoisotopic (exact) mass is 421 g/mol. The maximum absolute atomic E-state index is 13.8. The first-order chi connectivity index (χ1) is 13.9. The molecule has 0 spiro atoms. The van der Waals surface area contributed by atoms with Gasteiger partial charge >= 0.3 is 6.18 Å². The summed E-state index contributed by atoms with van der Waals surface area (Å²) in [4.78, 5) is 0. The van der Waals surface area contributed by atoms with Gasteiger partial charge in [-0.3, -0.25) is 4.40 Å². The zero-order valence-corrected chi connectivity index (χ0v) is 16.2. The van der Waals surface area contributed by atoms with E-state index in [0.717, 1.165) is 24.8 Å². The molecule has 0 bridgehead atoms. The number of alkyl halides is 3. The highest BCUT2D eigenvalue weighted by Gasteiger charge is 2.41. The van der Waals surface area contributed by atoms with Gasteiger partial charge in [0.25, 0.3) is 0 Å². The fourth-order valence-corrected chi connectivity index (χ4v) is 3.97. The van der Waals surface area contributed by atoms with Crippen molar-refractivity contribution in [2.45, 2.75) is 37.8 Å². The van der Waals surface area contributed by atoms with Gasteiger partial charge in [-0.2, -0.15) is 13.2 Å². The summed E-state index contributed by atoms with van der Waals surface area (Å²) in [7, 11) is 0. The van der Waals surface area contributed by atoms with Gasteiger partial charge in [0.15, 0.2) is 5.65 Å². The summed E-state index contributed by atoms with van der Waals surface area (Å²) in [5, 5.41) is 8.51. The number of aromatic nitrogens is 3. The van der Waals surface area contributed by atoms with Crippen molar-refractivity contribution in [1.29, 1.82) is 0 Å². The van der Waals surface area contributed by atoms with Gasteiger partial charge in [0, 0.05) is 23.6 Å². The molecule has 2 aliphatic rings. The van der Waals surface area contributed by atoms with Crippen LogP contribution >= 0.6 is 11.6 Å². The third kappa shape index (κ3) is 3.80. The highest BCUT2D eigenvalue weighted by molar-refractivity contribution is 6.30. The lowest BCUT2D eigenvalue weighted by Gasteiger charge is -2.15. The van der Waals surface area contributed by atoms with Crippen LogP contribution < -0.4 is 4.74 Å². The van der Waals surface area contributed by atoms with E-state index < -0.39 is 11.7 Å². The van der Waals surface area contributed by atoms with Crippen LogP contribution in [0.5, 0.6) is 5.75 Å². The minimum absolute atomic E-state index is 0.183. The van der Waals surface area contributed by atoms with Crippen molar-refractivity contribution < 1.29 is 17.9 Å². The second-order valence-corrected chi connectivity index (χ2v) is 8.41. The van der Waals surface area contributed by atoms with Gasteiger partial charge in [-0.05, 0) is 54.9 Å². The zero-order chi connectivity index (χ0) is 20.2. The quantitative estimate of drug-likeness (QED) is 0.525. The number of pyridine rings is 1. The number of nitrogens with zero attached hydrogens (tertiary/aromatic N) is 3. The summed E-state index contributed by atoms with van der Waals surface area (Å²) >= 11 is 5.91. The predicted molar refractivity (Wildman–Crippen MR) is 102 cm³/mol. The van der Waals surface area contributed by atoms with Gasteiger partial charge in [0.05, 0.1) is 6.61 Å². The van der Waals surface area contributed by atoms with E-state index in [-0.39, 0.29) is 23.9 Å². The molecule has 152 valence electrons. The lowest BCUT2D eigenvalue weighted by atomic mass is 10.1. The van der Waals surface area contributed by atoms with Crippen molar-refractivity contribution in [3.63, 3.8) is 0 Å². The molecule has 2 atom stereocenters. The molecule has 1 aromatic carbocycles. The Morgan fingerprint density at radius 3 is 2.55 bits per heavy atom. The molecule has 2 aromatic heterocycles. The normalized spacial score (nSPS) is 21.5. The summed E-state index contributed by atoms with van der Waals surface area (Å²) in [6.45, 7) is 0.232. The van der Waals surface area contributed by atoms with Crippen LogP contribution in [0.1, 0.15) is 42.1 Å². The van der Waals surface area contributed by atoms with E-state index in [1.807, 2.05) is 24.3 Å². The average Bonchev–Trinajstić information content (AvgIpc) is 3.59. The van der Waals surface area contributed by atoms with E-state index >= 15 is 0 Å². The molecule has 2 aliphatic carbocycles. The average molecular weight is 422 g/mol.